The largest absolute Gasteiger partial charge is 0.508 e. The van der Waals surface area contributed by atoms with Crippen molar-refractivity contribution in [3.8, 4) is 5.75 Å². The number of hydrogen-bond donors (Lipinski definition) is 3. The molecule has 0 aliphatic heterocycles. The van der Waals surface area contributed by atoms with Crippen molar-refractivity contribution >= 4 is 17.9 Å². The summed E-state index contributed by atoms with van der Waals surface area (Å²) >= 11 is 0. The molecule has 1 aromatic rings. The number of alkyl carbamates (subject to hydrolysis) is 1. The first-order chi connectivity index (χ1) is 15.1. The van der Waals surface area contributed by atoms with Gasteiger partial charge in [0.2, 0.25) is 11.8 Å². The molecule has 0 saturated heterocycles. The zero-order valence-electron chi connectivity index (χ0n) is 21.1. The van der Waals surface area contributed by atoms with Gasteiger partial charge in [0, 0.05) is 11.6 Å². The third-order valence-corrected chi connectivity index (χ3v) is 5.03. The van der Waals surface area contributed by atoms with Gasteiger partial charge in [-0.3, -0.25) is 9.59 Å². The number of carbonyl (C=O) groups is 3. The fourth-order valence-corrected chi connectivity index (χ4v) is 3.51. The lowest BCUT2D eigenvalue weighted by molar-refractivity contribution is -0.144. The fourth-order valence-electron chi connectivity index (χ4n) is 3.51. The maximum Gasteiger partial charge on any atom is 0.408 e. The maximum absolute atomic E-state index is 13.8. The van der Waals surface area contributed by atoms with Crippen molar-refractivity contribution in [3.63, 3.8) is 0 Å². The van der Waals surface area contributed by atoms with E-state index in [2.05, 4.69) is 10.6 Å². The number of benzene rings is 1. The normalized spacial score (nSPS) is 16.0. The number of aromatic hydroxyl groups is 1. The Bertz CT molecular complexity index is 848. The zero-order chi connectivity index (χ0) is 25.1. The van der Waals surface area contributed by atoms with Crippen LogP contribution in [0.2, 0.25) is 0 Å². The molecular weight excluding hydrogens is 422 g/mol. The highest BCUT2D eigenvalue weighted by Crippen LogP contribution is 2.36. The zero-order valence-corrected chi connectivity index (χ0v) is 21.1. The van der Waals surface area contributed by atoms with Gasteiger partial charge in [-0.25, -0.2) is 4.79 Å². The van der Waals surface area contributed by atoms with Crippen LogP contribution in [0.4, 0.5) is 4.79 Å². The summed E-state index contributed by atoms with van der Waals surface area (Å²) < 4.78 is 5.37. The number of rotatable bonds is 7. The Morgan fingerprint density at radius 2 is 1.58 bits per heavy atom. The molecule has 3 amide bonds. The molecule has 184 valence electrons. The molecule has 0 aromatic heterocycles. The van der Waals surface area contributed by atoms with Gasteiger partial charge in [0.15, 0.2) is 0 Å². The van der Waals surface area contributed by atoms with Crippen LogP contribution in [0.5, 0.6) is 5.75 Å². The average Bonchev–Trinajstić information content (AvgIpc) is 3.46. The van der Waals surface area contributed by atoms with Crippen LogP contribution in [-0.2, 0) is 14.3 Å². The van der Waals surface area contributed by atoms with Gasteiger partial charge in [0.05, 0.1) is 0 Å². The van der Waals surface area contributed by atoms with Crippen LogP contribution in [0, 0.1) is 5.92 Å². The molecule has 3 N–H and O–H groups in total. The first kappa shape index (κ1) is 26.5. The highest BCUT2D eigenvalue weighted by atomic mass is 16.6. The predicted molar refractivity (Wildman–Crippen MR) is 127 cm³/mol. The molecule has 1 aromatic carbocycles. The van der Waals surface area contributed by atoms with Crippen LogP contribution in [0.3, 0.4) is 0 Å². The minimum atomic E-state index is -0.897. The Morgan fingerprint density at radius 3 is 2.00 bits per heavy atom. The van der Waals surface area contributed by atoms with Crippen molar-refractivity contribution < 1.29 is 24.2 Å². The Labute approximate surface area is 197 Å². The quantitative estimate of drug-likeness (QED) is 0.571. The molecule has 0 heterocycles. The molecule has 8 heteroatoms. The number of phenolic OH excluding ortho intramolecular Hbond substituents is 1. The second-order valence-corrected chi connectivity index (χ2v) is 11.1. The molecule has 1 aliphatic rings. The Hall–Kier alpha value is -2.77. The Morgan fingerprint density at radius 1 is 1.03 bits per heavy atom. The van der Waals surface area contributed by atoms with Gasteiger partial charge in [0.1, 0.15) is 23.4 Å². The van der Waals surface area contributed by atoms with Gasteiger partial charge < -0.3 is 25.4 Å². The second-order valence-electron chi connectivity index (χ2n) is 11.1. The van der Waals surface area contributed by atoms with E-state index in [1.807, 2.05) is 34.6 Å². The van der Waals surface area contributed by atoms with Gasteiger partial charge >= 0.3 is 6.09 Å². The molecule has 33 heavy (non-hydrogen) atoms. The van der Waals surface area contributed by atoms with E-state index >= 15 is 0 Å². The van der Waals surface area contributed by atoms with Crippen LogP contribution in [0.25, 0.3) is 0 Å². The third-order valence-electron chi connectivity index (χ3n) is 5.03. The minimum Gasteiger partial charge on any atom is -0.508 e. The molecule has 0 bridgehead atoms. The van der Waals surface area contributed by atoms with Crippen molar-refractivity contribution in [1.29, 1.82) is 0 Å². The van der Waals surface area contributed by atoms with Crippen molar-refractivity contribution in [2.24, 2.45) is 5.92 Å². The molecule has 0 spiro atoms. The molecule has 2 rings (SSSR count). The standard InChI is InChI=1S/C25H39N3O5/c1-15(2)19(26-23(32)33-25(6,7)8)22(31)28(17-11-12-17)20(21(30)27-24(3,4)5)16-9-13-18(29)14-10-16/h9-10,13-15,17,19-20,29H,11-12H2,1-8H3,(H,26,32)(H,27,30). The molecule has 8 nitrogen and oxygen atoms in total. The number of amides is 3. The van der Waals surface area contributed by atoms with E-state index in [-0.39, 0.29) is 29.5 Å². The molecule has 2 unspecified atom stereocenters. The van der Waals surface area contributed by atoms with Gasteiger partial charge in [-0.15, -0.1) is 0 Å². The van der Waals surface area contributed by atoms with E-state index in [0.29, 0.717) is 5.56 Å². The lowest BCUT2D eigenvalue weighted by Gasteiger charge is -2.37. The summed E-state index contributed by atoms with van der Waals surface area (Å²) in [6, 6.07) is 4.44. The number of nitrogens with one attached hydrogen (secondary N) is 2. The van der Waals surface area contributed by atoms with Gasteiger partial charge in [0.25, 0.3) is 0 Å². The molecule has 1 aliphatic carbocycles. The van der Waals surface area contributed by atoms with Crippen molar-refractivity contribution in [2.45, 2.75) is 97.5 Å². The minimum absolute atomic E-state index is 0.0738. The summed E-state index contributed by atoms with van der Waals surface area (Å²) in [6.45, 7) is 14.6. The van der Waals surface area contributed by atoms with Crippen molar-refractivity contribution in [3.05, 3.63) is 29.8 Å². The average molecular weight is 462 g/mol. The molecule has 1 fully saturated rings. The van der Waals surface area contributed by atoms with Gasteiger partial charge in [-0.2, -0.15) is 0 Å². The van der Waals surface area contributed by atoms with Crippen molar-refractivity contribution in [1.82, 2.24) is 15.5 Å². The van der Waals surface area contributed by atoms with Crippen LogP contribution in [-0.4, -0.2) is 51.1 Å². The summed E-state index contributed by atoms with van der Waals surface area (Å²) in [4.78, 5) is 41.4. The number of nitrogens with zero attached hydrogens (tertiary/aromatic N) is 1. The summed E-state index contributed by atoms with van der Waals surface area (Å²) in [5.41, 5.74) is -0.613. The van der Waals surface area contributed by atoms with E-state index in [9.17, 15) is 19.5 Å². The fraction of sp³-hybridized carbons (Fsp3) is 0.640. The monoisotopic (exact) mass is 461 g/mol. The summed E-state index contributed by atoms with van der Waals surface area (Å²) in [6.07, 6.45) is 0.881. The molecule has 2 atom stereocenters. The van der Waals surface area contributed by atoms with E-state index in [1.165, 1.54) is 12.1 Å². The molecule has 1 saturated carbocycles. The van der Waals surface area contributed by atoms with Crippen LogP contribution < -0.4 is 10.6 Å². The van der Waals surface area contributed by atoms with E-state index in [1.54, 1.807) is 37.8 Å². The third kappa shape index (κ3) is 7.94. The summed E-state index contributed by atoms with van der Waals surface area (Å²) in [5, 5.41) is 15.4. The van der Waals surface area contributed by atoms with E-state index < -0.39 is 29.3 Å². The highest BCUT2D eigenvalue weighted by Gasteiger charge is 2.45. The topological polar surface area (TPSA) is 108 Å². The summed E-state index contributed by atoms with van der Waals surface area (Å²) in [7, 11) is 0. The summed E-state index contributed by atoms with van der Waals surface area (Å²) in [5.74, 6) is -0.796. The lowest BCUT2D eigenvalue weighted by atomic mass is 9.97. The number of hydrogen-bond acceptors (Lipinski definition) is 5. The van der Waals surface area contributed by atoms with Gasteiger partial charge in [-0.05, 0) is 78.0 Å². The number of ether oxygens (including phenoxy) is 1. The SMILES string of the molecule is CC(C)C(NC(=O)OC(C)(C)C)C(=O)N(C1CC1)C(C(=O)NC(C)(C)C)c1ccc(O)cc1. The van der Waals surface area contributed by atoms with Crippen LogP contribution in [0.1, 0.15) is 79.8 Å². The van der Waals surface area contributed by atoms with Crippen LogP contribution in [0.15, 0.2) is 24.3 Å². The smallest absolute Gasteiger partial charge is 0.408 e. The number of phenols is 1. The lowest BCUT2D eigenvalue weighted by Crippen LogP contribution is -2.56. The number of carbonyl (C=O) groups excluding carboxylic acids is 3. The maximum atomic E-state index is 13.8. The first-order valence-corrected chi connectivity index (χ1v) is 11.5. The Balaban J connectivity index is 2.43. The van der Waals surface area contributed by atoms with E-state index in [0.717, 1.165) is 12.8 Å². The Kier molecular flexibility index (Phi) is 8.04. The first-order valence-electron chi connectivity index (χ1n) is 11.5. The van der Waals surface area contributed by atoms with Crippen molar-refractivity contribution in [2.75, 3.05) is 0 Å². The van der Waals surface area contributed by atoms with Gasteiger partial charge in [-0.1, -0.05) is 26.0 Å². The molecular formula is C25H39N3O5. The second kappa shape index (κ2) is 10.0. The molecule has 0 radical (unpaired) electrons. The predicted octanol–water partition coefficient (Wildman–Crippen LogP) is 3.89. The van der Waals surface area contributed by atoms with Crippen LogP contribution >= 0.6 is 0 Å². The van der Waals surface area contributed by atoms with E-state index in [4.69, 9.17) is 4.74 Å². The highest BCUT2D eigenvalue weighted by molar-refractivity contribution is 5.93.